The molecule has 0 saturated heterocycles. The van der Waals surface area contributed by atoms with Crippen LogP contribution < -0.4 is 5.32 Å². The van der Waals surface area contributed by atoms with E-state index in [1.165, 1.54) is 36.9 Å². The van der Waals surface area contributed by atoms with Gasteiger partial charge in [-0.2, -0.15) is 0 Å². The fourth-order valence-corrected chi connectivity index (χ4v) is 2.62. The quantitative estimate of drug-likeness (QED) is 0.795. The molecule has 2 nitrogen and oxygen atoms in total. The van der Waals surface area contributed by atoms with Crippen LogP contribution in [0.3, 0.4) is 0 Å². The molecule has 1 unspecified atom stereocenters. The first-order valence-electron chi connectivity index (χ1n) is 7.21. The fraction of sp³-hybridized carbons (Fsp3) is 0.625. The summed E-state index contributed by atoms with van der Waals surface area (Å²) < 4.78 is 0. The van der Waals surface area contributed by atoms with Gasteiger partial charge in [-0.1, -0.05) is 31.2 Å². The van der Waals surface area contributed by atoms with Gasteiger partial charge in [-0.15, -0.1) is 0 Å². The lowest BCUT2D eigenvalue weighted by Crippen LogP contribution is -2.28. The zero-order chi connectivity index (χ0) is 13.0. The Bertz CT molecular complexity index is 371. The highest BCUT2D eigenvalue weighted by Gasteiger charge is 2.26. The van der Waals surface area contributed by atoms with Crippen molar-refractivity contribution in [1.82, 2.24) is 10.2 Å². The lowest BCUT2D eigenvalue weighted by Gasteiger charge is -2.23. The molecule has 0 amide bonds. The fourth-order valence-electron chi connectivity index (χ4n) is 2.62. The normalized spacial score (nSPS) is 17.1. The lowest BCUT2D eigenvalue weighted by molar-refractivity contribution is 0.299. The highest BCUT2D eigenvalue weighted by molar-refractivity contribution is 5.28. The molecular formula is C16H26N2. The summed E-state index contributed by atoms with van der Waals surface area (Å²) in [6.07, 6.45) is 3.99. The number of aryl methyl sites for hydroxylation is 1. The van der Waals surface area contributed by atoms with Gasteiger partial charge in [0.05, 0.1) is 0 Å². The molecule has 0 spiro atoms. The Kier molecular flexibility index (Phi) is 4.79. The third kappa shape index (κ3) is 3.56. The van der Waals surface area contributed by atoms with Gasteiger partial charge >= 0.3 is 0 Å². The molecule has 18 heavy (non-hydrogen) atoms. The lowest BCUT2D eigenvalue weighted by atomic mass is 9.98. The van der Waals surface area contributed by atoms with E-state index in [4.69, 9.17) is 0 Å². The van der Waals surface area contributed by atoms with E-state index in [-0.39, 0.29) is 0 Å². The molecule has 1 aliphatic rings. The molecule has 0 bridgehead atoms. The monoisotopic (exact) mass is 246 g/mol. The van der Waals surface area contributed by atoms with Gasteiger partial charge < -0.3 is 10.2 Å². The van der Waals surface area contributed by atoms with E-state index < -0.39 is 0 Å². The summed E-state index contributed by atoms with van der Waals surface area (Å²) in [5.74, 6) is 0. The van der Waals surface area contributed by atoms with Crippen LogP contribution in [0.25, 0.3) is 0 Å². The Balaban J connectivity index is 1.96. The van der Waals surface area contributed by atoms with E-state index in [2.05, 4.69) is 55.4 Å². The van der Waals surface area contributed by atoms with Crippen LogP contribution in [0, 0.1) is 6.92 Å². The van der Waals surface area contributed by atoms with Gasteiger partial charge in [-0.25, -0.2) is 0 Å². The predicted molar refractivity (Wildman–Crippen MR) is 77.9 cm³/mol. The van der Waals surface area contributed by atoms with Gasteiger partial charge in [0.15, 0.2) is 0 Å². The number of hydrogen-bond donors (Lipinski definition) is 1. The van der Waals surface area contributed by atoms with E-state index in [1.54, 1.807) is 0 Å². The SMILES string of the molecule is CCNC(CCN(C)C1CC1)c1ccccc1C. The van der Waals surface area contributed by atoms with Crippen molar-refractivity contribution < 1.29 is 0 Å². The molecule has 1 aliphatic carbocycles. The van der Waals surface area contributed by atoms with Crippen molar-refractivity contribution in [2.24, 2.45) is 0 Å². The van der Waals surface area contributed by atoms with Gasteiger partial charge in [-0.05, 0) is 57.5 Å². The zero-order valence-electron chi connectivity index (χ0n) is 11.9. The van der Waals surface area contributed by atoms with E-state index in [0.717, 1.165) is 12.6 Å². The molecular weight excluding hydrogens is 220 g/mol. The van der Waals surface area contributed by atoms with Crippen LogP contribution in [0.4, 0.5) is 0 Å². The van der Waals surface area contributed by atoms with Gasteiger partial charge in [0.2, 0.25) is 0 Å². The number of rotatable bonds is 7. The van der Waals surface area contributed by atoms with Crippen LogP contribution in [0.5, 0.6) is 0 Å². The highest BCUT2D eigenvalue weighted by Crippen LogP contribution is 2.27. The number of benzene rings is 1. The third-order valence-electron chi connectivity index (χ3n) is 3.96. The van der Waals surface area contributed by atoms with Gasteiger partial charge in [0, 0.05) is 12.1 Å². The maximum Gasteiger partial charge on any atom is 0.0334 e. The Labute approximate surface area is 111 Å². The second kappa shape index (κ2) is 6.35. The van der Waals surface area contributed by atoms with Crippen LogP contribution >= 0.6 is 0 Å². The summed E-state index contributed by atoms with van der Waals surface area (Å²) in [5, 5.41) is 3.63. The molecule has 1 aromatic carbocycles. The minimum Gasteiger partial charge on any atom is -0.310 e. The summed E-state index contributed by atoms with van der Waals surface area (Å²) in [7, 11) is 2.26. The average molecular weight is 246 g/mol. The molecule has 1 N–H and O–H groups in total. The molecule has 1 atom stereocenters. The van der Waals surface area contributed by atoms with E-state index in [1.807, 2.05) is 0 Å². The maximum absolute atomic E-state index is 3.63. The van der Waals surface area contributed by atoms with E-state index in [9.17, 15) is 0 Å². The van der Waals surface area contributed by atoms with Crippen molar-refractivity contribution in [2.45, 2.75) is 45.2 Å². The third-order valence-corrected chi connectivity index (χ3v) is 3.96. The van der Waals surface area contributed by atoms with Gasteiger partial charge in [0.25, 0.3) is 0 Å². The Hall–Kier alpha value is -0.860. The number of nitrogens with one attached hydrogen (secondary N) is 1. The molecule has 1 fully saturated rings. The van der Waals surface area contributed by atoms with Crippen LogP contribution in [0.15, 0.2) is 24.3 Å². The molecule has 0 aromatic heterocycles. The molecule has 1 saturated carbocycles. The van der Waals surface area contributed by atoms with Crippen molar-refractivity contribution in [2.75, 3.05) is 20.1 Å². The Morgan fingerprint density at radius 1 is 1.33 bits per heavy atom. The minimum atomic E-state index is 0.498. The highest BCUT2D eigenvalue weighted by atomic mass is 15.2. The van der Waals surface area contributed by atoms with Crippen LogP contribution in [0.2, 0.25) is 0 Å². The first kappa shape index (κ1) is 13.6. The summed E-state index contributed by atoms with van der Waals surface area (Å²) in [5.41, 5.74) is 2.86. The van der Waals surface area contributed by atoms with E-state index >= 15 is 0 Å². The molecule has 100 valence electrons. The van der Waals surface area contributed by atoms with Crippen LogP contribution in [-0.2, 0) is 0 Å². The van der Waals surface area contributed by atoms with Gasteiger partial charge in [0.1, 0.15) is 0 Å². The molecule has 2 heteroatoms. The van der Waals surface area contributed by atoms with Crippen molar-refractivity contribution >= 4 is 0 Å². The van der Waals surface area contributed by atoms with Gasteiger partial charge in [-0.3, -0.25) is 0 Å². The topological polar surface area (TPSA) is 15.3 Å². The first-order chi connectivity index (χ1) is 8.72. The maximum atomic E-state index is 3.63. The Morgan fingerprint density at radius 2 is 2.06 bits per heavy atom. The summed E-state index contributed by atoms with van der Waals surface area (Å²) in [4.78, 5) is 2.52. The number of nitrogens with zero attached hydrogens (tertiary/aromatic N) is 1. The van der Waals surface area contributed by atoms with Crippen LogP contribution in [0.1, 0.15) is 43.4 Å². The summed E-state index contributed by atoms with van der Waals surface area (Å²) in [6, 6.07) is 10.1. The largest absolute Gasteiger partial charge is 0.310 e. The second-order valence-electron chi connectivity index (χ2n) is 5.47. The molecule has 2 rings (SSSR count). The average Bonchev–Trinajstić information content (AvgIpc) is 3.19. The predicted octanol–water partition coefficient (Wildman–Crippen LogP) is 3.13. The van der Waals surface area contributed by atoms with Crippen molar-refractivity contribution in [3.05, 3.63) is 35.4 Å². The molecule has 0 aliphatic heterocycles. The van der Waals surface area contributed by atoms with Crippen molar-refractivity contribution in [1.29, 1.82) is 0 Å². The summed E-state index contributed by atoms with van der Waals surface area (Å²) in [6.45, 7) is 6.63. The van der Waals surface area contributed by atoms with E-state index in [0.29, 0.717) is 6.04 Å². The first-order valence-corrected chi connectivity index (χ1v) is 7.21. The Morgan fingerprint density at radius 3 is 2.67 bits per heavy atom. The van der Waals surface area contributed by atoms with Crippen molar-refractivity contribution in [3.63, 3.8) is 0 Å². The molecule has 0 radical (unpaired) electrons. The zero-order valence-corrected chi connectivity index (χ0v) is 11.9. The summed E-state index contributed by atoms with van der Waals surface area (Å²) >= 11 is 0. The standard InChI is InChI=1S/C16H26N2/c1-4-17-16(11-12-18(3)14-9-10-14)15-8-6-5-7-13(15)2/h5-8,14,16-17H,4,9-12H2,1-3H3. The number of hydrogen-bond acceptors (Lipinski definition) is 2. The van der Waals surface area contributed by atoms with Crippen molar-refractivity contribution in [3.8, 4) is 0 Å². The second-order valence-corrected chi connectivity index (χ2v) is 5.47. The molecule has 0 heterocycles. The molecule has 1 aromatic rings. The minimum absolute atomic E-state index is 0.498. The smallest absolute Gasteiger partial charge is 0.0334 e. The van der Waals surface area contributed by atoms with Crippen LogP contribution in [-0.4, -0.2) is 31.1 Å².